The molecule has 21 heavy (non-hydrogen) atoms. The first-order valence-corrected chi connectivity index (χ1v) is 7.08. The molecule has 0 aliphatic carbocycles. The maximum Gasteiger partial charge on any atom is 0.315 e. The lowest BCUT2D eigenvalue weighted by Crippen LogP contribution is -2.42. The molecule has 1 unspecified atom stereocenters. The average Bonchev–Trinajstić information content (AvgIpc) is 3.00. The van der Waals surface area contributed by atoms with E-state index >= 15 is 0 Å². The van der Waals surface area contributed by atoms with Gasteiger partial charge in [-0.15, -0.1) is 0 Å². The van der Waals surface area contributed by atoms with Crippen molar-refractivity contribution in [3.05, 3.63) is 41.6 Å². The minimum atomic E-state index is -0.192. The summed E-state index contributed by atoms with van der Waals surface area (Å²) in [6.07, 6.45) is 1.63. The van der Waals surface area contributed by atoms with Gasteiger partial charge in [0, 0.05) is 18.3 Å². The first-order chi connectivity index (χ1) is 9.97. The molecule has 0 saturated heterocycles. The number of aryl methyl sites for hydroxylation is 2. The van der Waals surface area contributed by atoms with E-state index in [2.05, 4.69) is 15.7 Å². The molecule has 0 spiro atoms. The highest BCUT2D eigenvalue weighted by atomic mass is 16.3. The van der Waals surface area contributed by atoms with Crippen molar-refractivity contribution < 1.29 is 9.21 Å². The van der Waals surface area contributed by atoms with Crippen molar-refractivity contribution in [1.82, 2.24) is 20.4 Å². The van der Waals surface area contributed by atoms with Crippen molar-refractivity contribution in [3.63, 3.8) is 0 Å². The van der Waals surface area contributed by atoms with Gasteiger partial charge in [-0.3, -0.25) is 4.68 Å². The maximum atomic E-state index is 11.8. The molecule has 2 rings (SSSR count). The molecule has 0 radical (unpaired) electrons. The standard InChI is InChI=1S/C15H22N4O2/c1-10(2)17-15(20)16-9-13(14-6-5-7-21-14)19-12(4)8-11(3)18-19/h5-8,10,13H,9H2,1-4H3,(H2,16,17,20). The number of amides is 2. The Morgan fingerprint density at radius 1 is 1.43 bits per heavy atom. The van der Waals surface area contributed by atoms with E-state index in [1.165, 1.54) is 0 Å². The largest absolute Gasteiger partial charge is 0.467 e. The molecule has 114 valence electrons. The Labute approximate surface area is 124 Å². The zero-order valence-electron chi connectivity index (χ0n) is 12.9. The van der Waals surface area contributed by atoms with Crippen LogP contribution in [0.2, 0.25) is 0 Å². The third-order valence-electron chi connectivity index (χ3n) is 3.09. The van der Waals surface area contributed by atoms with Crippen LogP contribution in [0.5, 0.6) is 0 Å². The minimum absolute atomic E-state index is 0.0979. The summed E-state index contributed by atoms with van der Waals surface area (Å²) < 4.78 is 7.37. The smallest absolute Gasteiger partial charge is 0.315 e. The van der Waals surface area contributed by atoms with Crippen LogP contribution in [-0.4, -0.2) is 28.4 Å². The number of rotatable bonds is 5. The molecule has 6 nitrogen and oxygen atoms in total. The molecular weight excluding hydrogens is 268 g/mol. The molecule has 2 amide bonds. The summed E-state index contributed by atoms with van der Waals surface area (Å²) in [5.74, 6) is 0.769. The Balaban J connectivity index is 2.15. The lowest BCUT2D eigenvalue weighted by atomic mass is 10.2. The number of carbonyl (C=O) groups excluding carboxylic acids is 1. The van der Waals surface area contributed by atoms with Gasteiger partial charge in [-0.25, -0.2) is 4.79 Å². The van der Waals surface area contributed by atoms with Crippen LogP contribution >= 0.6 is 0 Å². The second-order valence-corrected chi connectivity index (χ2v) is 5.41. The number of nitrogens with one attached hydrogen (secondary N) is 2. The van der Waals surface area contributed by atoms with Crippen molar-refractivity contribution in [2.45, 2.75) is 39.8 Å². The number of urea groups is 1. The van der Waals surface area contributed by atoms with E-state index in [9.17, 15) is 4.79 Å². The quantitative estimate of drug-likeness (QED) is 0.888. The Bertz CT molecular complexity index is 587. The molecule has 6 heteroatoms. The molecule has 2 aromatic heterocycles. The fourth-order valence-electron chi connectivity index (χ4n) is 2.25. The first-order valence-electron chi connectivity index (χ1n) is 7.08. The number of nitrogens with zero attached hydrogens (tertiary/aromatic N) is 2. The summed E-state index contributed by atoms with van der Waals surface area (Å²) >= 11 is 0. The van der Waals surface area contributed by atoms with E-state index in [0.29, 0.717) is 6.54 Å². The van der Waals surface area contributed by atoms with Crippen LogP contribution < -0.4 is 10.6 Å². The van der Waals surface area contributed by atoms with Crippen LogP contribution in [0.4, 0.5) is 4.79 Å². The van der Waals surface area contributed by atoms with Crippen molar-refractivity contribution in [2.75, 3.05) is 6.54 Å². The van der Waals surface area contributed by atoms with Gasteiger partial charge in [0.05, 0.1) is 12.0 Å². The normalized spacial score (nSPS) is 12.4. The maximum absolute atomic E-state index is 11.8. The van der Waals surface area contributed by atoms with Crippen LogP contribution in [0.15, 0.2) is 28.9 Å². The second-order valence-electron chi connectivity index (χ2n) is 5.41. The van der Waals surface area contributed by atoms with Gasteiger partial charge in [-0.2, -0.15) is 5.10 Å². The second kappa shape index (κ2) is 6.47. The molecule has 0 aliphatic heterocycles. The van der Waals surface area contributed by atoms with Crippen LogP contribution in [0.1, 0.15) is 37.0 Å². The minimum Gasteiger partial charge on any atom is -0.467 e. The SMILES string of the molecule is Cc1cc(C)n(C(CNC(=O)NC(C)C)c2ccco2)n1. The van der Waals surface area contributed by atoms with Gasteiger partial charge in [0.1, 0.15) is 11.8 Å². The Hall–Kier alpha value is -2.24. The fraction of sp³-hybridized carbons (Fsp3) is 0.467. The van der Waals surface area contributed by atoms with Crippen LogP contribution in [0.25, 0.3) is 0 Å². The summed E-state index contributed by atoms with van der Waals surface area (Å²) in [6, 6.07) is 5.48. The summed E-state index contributed by atoms with van der Waals surface area (Å²) in [4.78, 5) is 11.8. The van der Waals surface area contributed by atoms with Gasteiger partial charge < -0.3 is 15.1 Å². The molecule has 2 aromatic rings. The predicted molar refractivity (Wildman–Crippen MR) is 80.2 cm³/mol. The molecule has 2 heterocycles. The summed E-state index contributed by atoms with van der Waals surface area (Å²) in [6.45, 7) is 8.19. The number of furan rings is 1. The Morgan fingerprint density at radius 3 is 2.71 bits per heavy atom. The van der Waals surface area contributed by atoms with Crippen molar-refractivity contribution in [1.29, 1.82) is 0 Å². The fourth-order valence-corrected chi connectivity index (χ4v) is 2.25. The van der Waals surface area contributed by atoms with Gasteiger partial charge in [0.15, 0.2) is 0 Å². The molecule has 0 bridgehead atoms. The number of carbonyl (C=O) groups is 1. The van der Waals surface area contributed by atoms with Crippen molar-refractivity contribution in [2.24, 2.45) is 0 Å². The van der Waals surface area contributed by atoms with Crippen LogP contribution in [-0.2, 0) is 0 Å². The molecule has 0 fully saturated rings. The van der Waals surface area contributed by atoms with E-state index in [1.54, 1.807) is 6.26 Å². The lowest BCUT2D eigenvalue weighted by Gasteiger charge is -2.18. The van der Waals surface area contributed by atoms with Crippen molar-refractivity contribution in [3.8, 4) is 0 Å². The molecule has 0 saturated carbocycles. The number of hydrogen-bond acceptors (Lipinski definition) is 3. The van der Waals surface area contributed by atoms with E-state index in [0.717, 1.165) is 17.1 Å². The summed E-state index contributed by atoms with van der Waals surface area (Å²) in [7, 11) is 0. The van der Waals surface area contributed by atoms with E-state index in [4.69, 9.17) is 4.42 Å². The monoisotopic (exact) mass is 290 g/mol. The molecular formula is C15H22N4O2. The van der Waals surface area contributed by atoms with Gasteiger partial charge in [-0.1, -0.05) is 0 Å². The molecule has 1 atom stereocenters. The predicted octanol–water partition coefficient (Wildman–Crippen LogP) is 2.39. The summed E-state index contributed by atoms with van der Waals surface area (Å²) in [5.41, 5.74) is 1.97. The summed E-state index contributed by atoms with van der Waals surface area (Å²) in [5, 5.41) is 10.2. The van der Waals surface area contributed by atoms with E-state index < -0.39 is 0 Å². The van der Waals surface area contributed by atoms with Gasteiger partial charge in [-0.05, 0) is 45.9 Å². The Kier molecular flexibility index (Phi) is 4.67. The van der Waals surface area contributed by atoms with E-state index in [-0.39, 0.29) is 18.1 Å². The topological polar surface area (TPSA) is 72.1 Å². The number of hydrogen-bond donors (Lipinski definition) is 2. The third kappa shape index (κ3) is 3.87. The highest BCUT2D eigenvalue weighted by Crippen LogP contribution is 2.20. The lowest BCUT2D eigenvalue weighted by molar-refractivity contribution is 0.236. The van der Waals surface area contributed by atoms with Gasteiger partial charge in [0.25, 0.3) is 0 Å². The first kappa shape index (κ1) is 15.2. The van der Waals surface area contributed by atoms with E-state index in [1.807, 2.05) is 50.6 Å². The highest BCUT2D eigenvalue weighted by Gasteiger charge is 2.20. The highest BCUT2D eigenvalue weighted by molar-refractivity contribution is 5.74. The third-order valence-corrected chi connectivity index (χ3v) is 3.09. The Morgan fingerprint density at radius 2 is 2.19 bits per heavy atom. The van der Waals surface area contributed by atoms with Gasteiger partial charge >= 0.3 is 6.03 Å². The molecule has 0 aliphatic rings. The molecule has 2 N–H and O–H groups in total. The average molecular weight is 290 g/mol. The molecule has 0 aromatic carbocycles. The number of aromatic nitrogens is 2. The van der Waals surface area contributed by atoms with Crippen LogP contribution in [0, 0.1) is 13.8 Å². The van der Waals surface area contributed by atoms with Gasteiger partial charge in [0.2, 0.25) is 0 Å². The zero-order valence-corrected chi connectivity index (χ0v) is 12.9. The van der Waals surface area contributed by atoms with Crippen LogP contribution in [0.3, 0.4) is 0 Å². The zero-order chi connectivity index (χ0) is 15.4. The van der Waals surface area contributed by atoms with Crippen molar-refractivity contribution >= 4 is 6.03 Å².